The van der Waals surface area contributed by atoms with Crippen molar-refractivity contribution in [1.82, 2.24) is 5.32 Å². The van der Waals surface area contributed by atoms with Gasteiger partial charge < -0.3 is 10.1 Å². The monoisotopic (exact) mass is 135 g/mol. The largest absolute Gasteiger partial charge is 0.357 e. The predicted molar refractivity (Wildman–Crippen MR) is 29.8 cm³/mol. The Morgan fingerprint density at radius 2 is 2.25 bits per heavy atom. The summed E-state index contributed by atoms with van der Waals surface area (Å²) in [5.74, 6) is 0. The van der Waals surface area contributed by atoms with Crippen LogP contribution in [0.15, 0.2) is 0 Å². The zero-order valence-corrected chi connectivity index (χ0v) is 4.89. The molecular formula is C4H6ClNO2. The molecule has 1 atom stereocenters. The first-order chi connectivity index (χ1) is 3.81. The normalized spacial score (nSPS) is 12.1. The summed E-state index contributed by atoms with van der Waals surface area (Å²) in [6.07, 6.45) is 1.07. The summed E-state index contributed by atoms with van der Waals surface area (Å²) in [6, 6.07) is 0. The van der Waals surface area contributed by atoms with Gasteiger partial charge in [0.25, 0.3) is 0 Å². The average molecular weight is 136 g/mol. The average Bonchev–Trinajstić information content (AvgIpc) is 1.83. The van der Waals surface area contributed by atoms with Gasteiger partial charge in [-0.05, 0) is 0 Å². The van der Waals surface area contributed by atoms with Gasteiger partial charge in [-0.2, -0.15) is 0 Å². The van der Waals surface area contributed by atoms with Crippen molar-refractivity contribution in [2.75, 3.05) is 6.54 Å². The first kappa shape index (κ1) is 7.43. The van der Waals surface area contributed by atoms with Crippen molar-refractivity contribution in [3.8, 4) is 0 Å². The summed E-state index contributed by atoms with van der Waals surface area (Å²) in [5.41, 5.74) is 0. The summed E-state index contributed by atoms with van der Waals surface area (Å²) < 4.78 is 0. The molecule has 0 aromatic rings. The first-order valence-electron chi connectivity index (χ1n) is 2.07. The molecule has 0 aromatic carbocycles. The molecule has 0 saturated heterocycles. The molecule has 3 nitrogen and oxygen atoms in total. The summed E-state index contributed by atoms with van der Waals surface area (Å²) in [4.78, 5) is 19.3. The maximum Gasteiger partial charge on any atom is 0.207 e. The van der Waals surface area contributed by atoms with Crippen LogP contribution in [0.5, 0.6) is 0 Å². The highest BCUT2D eigenvalue weighted by Crippen LogP contribution is 1.84. The van der Waals surface area contributed by atoms with Crippen molar-refractivity contribution >= 4 is 24.3 Å². The molecule has 1 unspecified atom stereocenters. The minimum atomic E-state index is -0.597. The van der Waals surface area contributed by atoms with E-state index < -0.39 is 5.38 Å². The zero-order valence-electron chi connectivity index (χ0n) is 4.13. The number of hydrogen-bond donors (Lipinski definition) is 1. The molecule has 1 amide bonds. The van der Waals surface area contributed by atoms with E-state index in [-0.39, 0.29) is 6.54 Å². The van der Waals surface area contributed by atoms with Gasteiger partial charge in [-0.3, -0.25) is 4.79 Å². The van der Waals surface area contributed by atoms with Crippen LogP contribution in [0.1, 0.15) is 0 Å². The Balaban J connectivity index is 3.09. The van der Waals surface area contributed by atoms with Gasteiger partial charge in [-0.15, -0.1) is 11.6 Å². The van der Waals surface area contributed by atoms with Gasteiger partial charge in [-0.1, -0.05) is 0 Å². The van der Waals surface area contributed by atoms with Crippen molar-refractivity contribution in [3.05, 3.63) is 0 Å². The van der Waals surface area contributed by atoms with Crippen molar-refractivity contribution in [3.63, 3.8) is 0 Å². The van der Waals surface area contributed by atoms with Crippen LogP contribution in [-0.4, -0.2) is 24.6 Å². The van der Waals surface area contributed by atoms with E-state index in [0.717, 1.165) is 0 Å². The fraction of sp³-hybridized carbons (Fsp3) is 0.500. The second kappa shape index (κ2) is 4.59. The first-order valence-corrected chi connectivity index (χ1v) is 2.51. The van der Waals surface area contributed by atoms with E-state index in [1.807, 2.05) is 0 Å². The summed E-state index contributed by atoms with van der Waals surface area (Å²) in [7, 11) is 0. The lowest BCUT2D eigenvalue weighted by atomic mass is 10.5. The second-order valence-corrected chi connectivity index (χ2v) is 1.74. The molecule has 0 rings (SSSR count). The lowest BCUT2D eigenvalue weighted by Gasteiger charge is -1.95. The molecule has 0 radical (unpaired) electrons. The van der Waals surface area contributed by atoms with E-state index in [9.17, 15) is 9.59 Å². The Hall–Kier alpha value is -0.570. The van der Waals surface area contributed by atoms with Crippen LogP contribution >= 0.6 is 11.6 Å². The molecule has 0 aliphatic rings. The fourth-order valence-electron chi connectivity index (χ4n) is 0.209. The van der Waals surface area contributed by atoms with Crippen molar-refractivity contribution < 1.29 is 9.59 Å². The van der Waals surface area contributed by atoms with Crippen LogP contribution in [0.3, 0.4) is 0 Å². The van der Waals surface area contributed by atoms with E-state index in [1.54, 1.807) is 0 Å². The molecule has 0 aliphatic heterocycles. The maximum atomic E-state index is 9.72. The standard InChI is InChI=1S/C4H6ClNO2/c5-4(2-7)1-6-3-8/h2-4H,1H2,(H,6,8). The van der Waals surface area contributed by atoms with E-state index in [2.05, 4.69) is 5.32 Å². The third-order valence-electron chi connectivity index (χ3n) is 0.544. The molecule has 0 aromatic heterocycles. The number of nitrogens with one attached hydrogen (secondary N) is 1. The Labute approximate surface area is 52.0 Å². The molecule has 0 saturated carbocycles. The van der Waals surface area contributed by atoms with Gasteiger partial charge in [0, 0.05) is 6.54 Å². The van der Waals surface area contributed by atoms with Crippen LogP contribution < -0.4 is 5.32 Å². The van der Waals surface area contributed by atoms with Crippen molar-refractivity contribution in [2.45, 2.75) is 5.38 Å². The molecule has 0 heterocycles. The zero-order chi connectivity index (χ0) is 6.41. The highest BCUT2D eigenvalue weighted by molar-refractivity contribution is 6.27. The van der Waals surface area contributed by atoms with Gasteiger partial charge in [0.05, 0.1) is 0 Å². The molecule has 1 N–H and O–H groups in total. The SMILES string of the molecule is O=CNCC(Cl)C=O. The van der Waals surface area contributed by atoms with E-state index >= 15 is 0 Å². The van der Waals surface area contributed by atoms with Crippen LogP contribution in [-0.2, 0) is 9.59 Å². The lowest BCUT2D eigenvalue weighted by molar-refractivity contribution is -0.109. The number of rotatable bonds is 4. The Bertz CT molecular complexity index is 86.1. The van der Waals surface area contributed by atoms with Gasteiger partial charge >= 0.3 is 0 Å². The number of carbonyl (C=O) groups excluding carboxylic acids is 2. The van der Waals surface area contributed by atoms with E-state index in [1.165, 1.54) is 0 Å². The number of aldehydes is 1. The Kier molecular flexibility index (Phi) is 4.26. The number of hydrogen-bond acceptors (Lipinski definition) is 2. The number of halogens is 1. The predicted octanol–water partition coefficient (Wildman–Crippen LogP) is -0.461. The summed E-state index contributed by atoms with van der Waals surface area (Å²) in [5, 5.41) is 1.66. The second-order valence-electron chi connectivity index (χ2n) is 1.18. The molecule has 8 heavy (non-hydrogen) atoms. The van der Waals surface area contributed by atoms with Gasteiger partial charge in [0.1, 0.15) is 11.7 Å². The molecule has 0 spiro atoms. The quantitative estimate of drug-likeness (QED) is 0.419. The molecule has 46 valence electrons. The van der Waals surface area contributed by atoms with Crippen molar-refractivity contribution in [1.29, 1.82) is 0 Å². The molecule has 0 aliphatic carbocycles. The highest BCUT2D eigenvalue weighted by Gasteiger charge is 1.97. The molecule has 0 bridgehead atoms. The molecule has 0 fully saturated rings. The van der Waals surface area contributed by atoms with Crippen LogP contribution in [0.2, 0.25) is 0 Å². The minimum Gasteiger partial charge on any atom is -0.357 e. The Morgan fingerprint density at radius 1 is 1.62 bits per heavy atom. The number of alkyl halides is 1. The van der Waals surface area contributed by atoms with E-state index in [0.29, 0.717) is 12.7 Å². The summed E-state index contributed by atoms with van der Waals surface area (Å²) >= 11 is 5.25. The smallest absolute Gasteiger partial charge is 0.207 e. The van der Waals surface area contributed by atoms with Crippen LogP contribution in [0.25, 0.3) is 0 Å². The Morgan fingerprint density at radius 3 is 2.62 bits per heavy atom. The number of amides is 1. The van der Waals surface area contributed by atoms with Gasteiger partial charge in [0.15, 0.2) is 0 Å². The third-order valence-corrected chi connectivity index (χ3v) is 0.801. The van der Waals surface area contributed by atoms with Crippen molar-refractivity contribution in [2.24, 2.45) is 0 Å². The highest BCUT2D eigenvalue weighted by atomic mass is 35.5. The van der Waals surface area contributed by atoms with Gasteiger partial charge in [-0.25, -0.2) is 0 Å². The van der Waals surface area contributed by atoms with Gasteiger partial charge in [0.2, 0.25) is 6.41 Å². The molecule has 4 heteroatoms. The molecular weight excluding hydrogens is 130 g/mol. The van der Waals surface area contributed by atoms with Crippen LogP contribution in [0.4, 0.5) is 0 Å². The number of carbonyl (C=O) groups is 2. The fourth-order valence-corrected chi connectivity index (χ4v) is 0.298. The third kappa shape index (κ3) is 3.61. The lowest BCUT2D eigenvalue weighted by Crippen LogP contribution is -2.22. The topological polar surface area (TPSA) is 46.2 Å². The van der Waals surface area contributed by atoms with Crippen LogP contribution in [0, 0.1) is 0 Å². The minimum absolute atomic E-state index is 0.203. The van der Waals surface area contributed by atoms with E-state index in [4.69, 9.17) is 11.6 Å². The summed E-state index contributed by atoms with van der Waals surface area (Å²) in [6.45, 7) is 0.203. The maximum absolute atomic E-state index is 9.72.